The highest BCUT2D eigenvalue weighted by Crippen LogP contribution is 2.58. The van der Waals surface area contributed by atoms with E-state index in [1.54, 1.807) is 13.0 Å². The number of aliphatic hydroxyl groups excluding tert-OH is 2. The van der Waals surface area contributed by atoms with Crippen molar-refractivity contribution in [2.75, 3.05) is 32.0 Å². The number of methoxy groups -OCH3 is 1. The minimum absolute atomic E-state index is 0.0332. The standard InChI is InChI=1S/C27H31N5O13P2S/c1-12-14-8-42-27(36)17(14)19(33)13(22(12)41-2)5-6-43-46(37,38)11-47(39,40)44-9-15-20(34)21(35)26(45-15)32-10-29-18-23(28)30-24(31-25(18)32)16-4-3-7-48-16/h3-4,7,10,15,20-21,26,33-35H,5-6,8-9,11H2,1-2H3,(H,37,38)(H,39,40)(H2,28,30,31)/t15-,20-,21-,26-/m1/s1. The number of carbonyl (C=O) groups is 1. The predicted molar refractivity (Wildman–Crippen MR) is 168 cm³/mol. The van der Waals surface area contributed by atoms with Crippen molar-refractivity contribution in [1.82, 2.24) is 19.5 Å². The number of phenols is 1. The number of cyclic esters (lactones) is 1. The number of aromatic hydroxyl groups is 1. The van der Waals surface area contributed by atoms with Crippen LogP contribution in [0.4, 0.5) is 5.82 Å². The summed E-state index contributed by atoms with van der Waals surface area (Å²) < 4.78 is 53.1. The van der Waals surface area contributed by atoms with Crippen molar-refractivity contribution in [3.05, 3.63) is 46.1 Å². The van der Waals surface area contributed by atoms with Crippen molar-refractivity contribution in [3.8, 4) is 22.2 Å². The fourth-order valence-corrected chi connectivity index (χ4v) is 9.47. The van der Waals surface area contributed by atoms with Gasteiger partial charge in [0.05, 0.1) is 31.5 Å². The average molecular weight is 728 g/mol. The van der Waals surface area contributed by atoms with Crippen LogP contribution in [0.1, 0.15) is 33.3 Å². The van der Waals surface area contributed by atoms with Crippen LogP contribution in [-0.2, 0) is 40.7 Å². The monoisotopic (exact) mass is 727 g/mol. The molecular formula is C27H31N5O13P2S. The Labute approximate surface area is 275 Å². The van der Waals surface area contributed by atoms with Crippen molar-refractivity contribution >= 4 is 49.5 Å². The van der Waals surface area contributed by atoms with Crippen LogP contribution in [-0.4, -0.2) is 95.1 Å². The van der Waals surface area contributed by atoms with E-state index in [0.717, 1.165) is 4.88 Å². The van der Waals surface area contributed by atoms with Crippen LogP contribution in [0.15, 0.2) is 23.8 Å². The Kier molecular flexibility index (Phi) is 9.38. The minimum atomic E-state index is -4.84. The topological polar surface area (TPSA) is 268 Å². The number of fused-ring (bicyclic) bond motifs is 2. The lowest BCUT2D eigenvalue weighted by molar-refractivity contribution is -0.0483. The maximum absolute atomic E-state index is 12.8. The first kappa shape index (κ1) is 34.4. The van der Waals surface area contributed by atoms with Gasteiger partial charge in [0, 0.05) is 17.5 Å². The molecule has 2 aliphatic rings. The number of anilines is 1. The van der Waals surface area contributed by atoms with Crippen LogP contribution in [0.25, 0.3) is 21.9 Å². The van der Waals surface area contributed by atoms with Gasteiger partial charge in [0.1, 0.15) is 47.5 Å². The predicted octanol–water partition coefficient (Wildman–Crippen LogP) is 2.05. The Morgan fingerprint density at radius 3 is 2.62 bits per heavy atom. The number of carbonyl (C=O) groups excluding carboxylic acids is 1. The van der Waals surface area contributed by atoms with Gasteiger partial charge in [0.15, 0.2) is 29.4 Å². The van der Waals surface area contributed by atoms with E-state index in [0.29, 0.717) is 17.0 Å². The number of aliphatic hydroxyl groups is 2. The van der Waals surface area contributed by atoms with Gasteiger partial charge in [-0.3, -0.25) is 13.7 Å². The first-order valence-electron chi connectivity index (χ1n) is 14.3. The van der Waals surface area contributed by atoms with Gasteiger partial charge in [0.25, 0.3) is 0 Å². The summed E-state index contributed by atoms with van der Waals surface area (Å²) in [5.74, 6) is -1.84. The lowest BCUT2D eigenvalue weighted by atomic mass is 9.95. The molecule has 0 bridgehead atoms. The van der Waals surface area contributed by atoms with Gasteiger partial charge in [-0.15, -0.1) is 11.3 Å². The quantitative estimate of drug-likeness (QED) is 0.0900. The summed E-state index contributed by atoms with van der Waals surface area (Å²) in [5, 5.41) is 34.0. The minimum Gasteiger partial charge on any atom is -0.507 e. The molecule has 18 nitrogen and oxygen atoms in total. The van der Waals surface area contributed by atoms with E-state index >= 15 is 0 Å². The van der Waals surface area contributed by atoms with Crippen LogP contribution >= 0.6 is 26.5 Å². The van der Waals surface area contributed by atoms with Gasteiger partial charge in [-0.2, -0.15) is 0 Å². The number of aromatic nitrogens is 4. The summed E-state index contributed by atoms with van der Waals surface area (Å²) in [5.41, 5.74) is 7.60. The summed E-state index contributed by atoms with van der Waals surface area (Å²) in [6.45, 7) is 0.366. The summed E-state index contributed by atoms with van der Waals surface area (Å²) in [6.07, 6.45) is -4.67. The molecule has 2 aliphatic heterocycles. The van der Waals surface area contributed by atoms with Gasteiger partial charge in [-0.25, -0.2) is 19.7 Å². The number of benzene rings is 1. The molecule has 0 amide bonds. The highest BCUT2D eigenvalue weighted by atomic mass is 32.1. The van der Waals surface area contributed by atoms with E-state index in [1.165, 1.54) is 29.3 Å². The number of hydrogen-bond donors (Lipinski definition) is 6. The Bertz CT molecular complexity index is 1970. The zero-order valence-corrected chi connectivity index (χ0v) is 27.9. The molecule has 6 atom stereocenters. The Morgan fingerprint density at radius 1 is 1.17 bits per heavy atom. The van der Waals surface area contributed by atoms with Crippen LogP contribution in [0.2, 0.25) is 0 Å². The smallest absolute Gasteiger partial charge is 0.342 e. The van der Waals surface area contributed by atoms with E-state index in [9.17, 15) is 39.0 Å². The third-order valence-electron chi connectivity index (χ3n) is 7.89. The van der Waals surface area contributed by atoms with E-state index in [-0.39, 0.29) is 46.9 Å². The number of ether oxygens (including phenoxy) is 3. The van der Waals surface area contributed by atoms with E-state index in [2.05, 4.69) is 15.0 Å². The molecule has 4 aromatic rings. The summed E-state index contributed by atoms with van der Waals surface area (Å²) in [7, 11) is -8.26. The number of nitrogens with two attached hydrogens (primary N) is 1. The molecule has 2 unspecified atom stereocenters. The number of phenolic OH excluding ortho intramolecular Hbond substituents is 1. The number of hydrogen-bond acceptors (Lipinski definition) is 16. The lowest BCUT2D eigenvalue weighted by Gasteiger charge is -2.20. The molecule has 3 aromatic heterocycles. The van der Waals surface area contributed by atoms with E-state index in [4.69, 9.17) is 29.0 Å². The molecule has 7 N–H and O–H groups in total. The molecule has 6 rings (SSSR count). The largest absolute Gasteiger partial charge is 0.507 e. The number of thiophene rings is 1. The number of imidazole rings is 1. The van der Waals surface area contributed by atoms with Crippen LogP contribution in [0, 0.1) is 6.92 Å². The molecule has 21 heteroatoms. The Morgan fingerprint density at radius 2 is 1.92 bits per heavy atom. The first-order valence-corrected chi connectivity index (χ1v) is 18.7. The molecule has 0 radical (unpaired) electrons. The third-order valence-corrected chi connectivity index (χ3v) is 12.8. The van der Waals surface area contributed by atoms with Crippen molar-refractivity contribution < 1.29 is 62.3 Å². The normalized spacial score (nSPS) is 23.2. The molecule has 0 saturated carbocycles. The lowest BCUT2D eigenvalue weighted by Crippen LogP contribution is -2.33. The molecule has 0 aliphatic carbocycles. The van der Waals surface area contributed by atoms with E-state index < -0.39 is 70.6 Å². The number of nitrogen functional groups attached to an aromatic ring is 1. The zero-order valence-electron chi connectivity index (χ0n) is 25.3. The van der Waals surface area contributed by atoms with Gasteiger partial charge < -0.3 is 54.1 Å². The SMILES string of the molecule is COc1c(C)c2c(c(O)c1CCOP(=O)(O)CP(=O)(O)OC[C@H]1O[C@@H](n3cnc4c(N)nc(-c5cccs5)nc43)[C@H](O)[C@@H]1O)C(=O)OC2. The first-order chi connectivity index (χ1) is 22.7. The fourth-order valence-electron chi connectivity index (χ4n) is 5.60. The van der Waals surface area contributed by atoms with Crippen LogP contribution in [0.5, 0.6) is 11.5 Å². The summed E-state index contributed by atoms with van der Waals surface area (Å²) in [4.78, 5) is 46.5. The number of nitrogens with zero attached hydrogens (tertiary/aromatic N) is 4. The van der Waals surface area contributed by atoms with Crippen molar-refractivity contribution in [2.45, 2.75) is 44.5 Å². The van der Waals surface area contributed by atoms with Crippen LogP contribution in [0.3, 0.4) is 0 Å². The van der Waals surface area contributed by atoms with Crippen molar-refractivity contribution in [2.24, 2.45) is 0 Å². The van der Waals surface area contributed by atoms with Crippen molar-refractivity contribution in [1.29, 1.82) is 0 Å². The molecule has 1 fully saturated rings. The highest BCUT2D eigenvalue weighted by molar-refractivity contribution is 7.70. The van der Waals surface area contributed by atoms with Gasteiger partial charge in [-0.1, -0.05) is 6.07 Å². The maximum atomic E-state index is 12.8. The second-order valence-electron chi connectivity index (χ2n) is 11.0. The average Bonchev–Trinajstić information content (AvgIpc) is 3.82. The molecule has 1 saturated heterocycles. The highest BCUT2D eigenvalue weighted by Gasteiger charge is 2.46. The van der Waals surface area contributed by atoms with E-state index in [1.807, 2.05) is 11.4 Å². The van der Waals surface area contributed by atoms with Crippen molar-refractivity contribution in [3.63, 3.8) is 0 Å². The Hall–Kier alpha value is -3.48. The van der Waals surface area contributed by atoms with Gasteiger partial charge >= 0.3 is 21.2 Å². The molecule has 48 heavy (non-hydrogen) atoms. The number of esters is 1. The Balaban J connectivity index is 1.09. The molecular weight excluding hydrogens is 696 g/mol. The maximum Gasteiger partial charge on any atom is 0.342 e. The second kappa shape index (κ2) is 13.1. The van der Waals surface area contributed by atoms with Gasteiger partial charge in [0.2, 0.25) is 0 Å². The fraction of sp³-hybridized carbons (Fsp3) is 0.407. The second-order valence-corrected chi connectivity index (χ2v) is 16.1. The van der Waals surface area contributed by atoms with Crippen LogP contribution < -0.4 is 10.5 Å². The zero-order chi connectivity index (χ0) is 34.5. The third kappa shape index (κ3) is 6.46. The number of rotatable bonds is 12. The molecule has 1 aromatic carbocycles. The summed E-state index contributed by atoms with van der Waals surface area (Å²) >= 11 is 1.38. The molecule has 5 heterocycles. The van der Waals surface area contributed by atoms with Gasteiger partial charge in [-0.05, 0) is 23.9 Å². The molecule has 258 valence electrons. The molecule has 0 spiro atoms. The summed E-state index contributed by atoms with van der Waals surface area (Å²) in [6, 6.07) is 3.61.